The number of hydrogen-bond donors (Lipinski definition) is 2. The first-order valence-electron chi connectivity index (χ1n) is 7.71. The van der Waals surface area contributed by atoms with Gasteiger partial charge in [0.15, 0.2) is 0 Å². The van der Waals surface area contributed by atoms with Crippen molar-refractivity contribution in [1.29, 1.82) is 0 Å². The van der Waals surface area contributed by atoms with Gasteiger partial charge in [0.1, 0.15) is 12.2 Å². The first-order chi connectivity index (χ1) is 12.6. The summed E-state index contributed by atoms with van der Waals surface area (Å²) < 4.78 is 84.7. The van der Waals surface area contributed by atoms with Crippen LogP contribution in [0.5, 0.6) is 0 Å². The molecule has 0 bridgehead atoms. The number of nitrogens with one attached hydrogen (secondary N) is 2. The molecule has 8 nitrogen and oxygen atoms in total. The molecule has 0 heterocycles. The Kier molecular flexibility index (Phi) is 7.26. The number of carbonyl (C=O) groups is 4. The molecule has 160 valence electrons. The average Bonchev–Trinajstić information content (AvgIpc) is 2.48. The van der Waals surface area contributed by atoms with Crippen molar-refractivity contribution >= 4 is 23.8 Å². The van der Waals surface area contributed by atoms with Crippen LogP contribution in [0.25, 0.3) is 0 Å². The van der Waals surface area contributed by atoms with Crippen molar-refractivity contribution in [3.8, 4) is 0 Å². The van der Waals surface area contributed by atoms with Crippen LogP contribution < -0.4 is 10.6 Å². The lowest BCUT2D eigenvalue weighted by Gasteiger charge is -2.40. The van der Waals surface area contributed by atoms with Gasteiger partial charge in [-0.15, -0.1) is 0 Å². The fraction of sp³-hybridized carbons (Fsp3) is 0.714. The molecule has 1 aliphatic rings. The van der Waals surface area contributed by atoms with E-state index in [1.807, 2.05) is 0 Å². The maximum atomic E-state index is 12.5. The highest BCUT2D eigenvalue weighted by atomic mass is 19.4. The van der Waals surface area contributed by atoms with E-state index in [0.717, 1.165) is 13.8 Å². The zero-order valence-corrected chi connectivity index (χ0v) is 14.4. The smallest absolute Gasteiger partial charge is 0.459 e. The Labute approximate surface area is 153 Å². The van der Waals surface area contributed by atoms with Crippen molar-refractivity contribution in [2.75, 3.05) is 0 Å². The van der Waals surface area contributed by atoms with Gasteiger partial charge in [0.2, 0.25) is 0 Å². The number of alkyl halides is 6. The third-order valence-corrected chi connectivity index (χ3v) is 3.66. The van der Waals surface area contributed by atoms with E-state index < -0.39 is 73.2 Å². The van der Waals surface area contributed by atoms with Gasteiger partial charge in [0, 0.05) is 26.7 Å². The Hall–Kier alpha value is -2.54. The monoisotopic (exact) mass is 422 g/mol. The van der Waals surface area contributed by atoms with Crippen molar-refractivity contribution < 1.29 is 55.0 Å². The SMILES string of the molecule is CC(=O)O[C@H]1C[C@@H](NC(=O)C(F)(F)F)[C@@H](NC(=O)C(F)(F)F)C[C@H]1OC(C)=O. The van der Waals surface area contributed by atoms with Crippen LogP contribution in [0.15, 0.2) is 0 Å². The number of amides is 2. The maximum Gasteiger partial charge on any atom is 0.471 e. The highest BCUT2D eigenvalue weighted by Crippen LogP contribution is 2.28. The molecule has 28 heavy (non-hydrogen) atoms. The maximum absolute atomic E-state index is 12.5. The molecular formula is C14H16F6N2O6. The van der Waals surface area contributed by atoms with Crippen LogP contribution >= 0.6 is 0 Å². The Morgan fingerprint density at radius 2 is 1.00 bits per heavy atom. The topological polar surface area (TPSA) is 111 Å². The lowest BCUT2D eigenvalue weighted by molar-refractivity contribution is -0.182. The summed E-state index contributed by atoms with van der Waals surface area (Å²) in [7, 11) is 0. The summed E-state index contributed by atoms with van der Waals surface area (Å²) in [6.45, 7) is 1.90. The molecule has 1 rings (SSSR count). The van der Waals surface area contributed by atoms with Crippen molar-refractivity contribution in [3.63, 3.8) is 0 Å². The molecule has 0 aromatic carbocycles. The molecule has 0 radical (unpaired) electrons. The molecule has 0 unspecified atom stereocenters. The minimum absolute atomic E-state index is 0.637. The molecular weight excluding hydrogens is 406 g/mol. The van der Waals surface area contributed by atoms with Gasteiger partial charge in [-0.2, -0.15) is 26.3 Å². The zero-order chi connectivity index (χ0) is 21.9. The number of rotatable bonds is 4. The molecule has 0 spiro atoms. The fourth-order valence-corrected chi connectivity index (χ4v) is 2.63. The van der Waals surface area contributed by atoms with Gasteiger partial charge in [0.05, 0.1) is 12.1 Å². The van der Waals surface area contributed by atoms with E-state index in [2.05, 4.69) is 0 Å². The second kappa shape index (κ2) is 8.65. The number of halogens is 6. The molecule has 0 saturated heterocycles. The molecule has 2 N–H and O–H groups in total. The van der Waals surface area contributed by atoms with E-state index in [-0.39, 0.29) is 0 Å². The Morgan fingerprint density at radius 1 is 0.714 bits per heavy atom. The summed E-state index contributed by atoms with van der Waals surface area (Å²) in [6, 6.07) is -3.37. The first-order valence-corrected chi connectivity index (χ1v) is 7.71. The van der Waals surface area contributed by atoms with Gasteiger partial charge >= 0.3 is 36.1 Å². The standard InChI is InChI=1S/C14H16F6N2O6/c1-5(23)27-9-3-7(21-11(25)13(15,16)17)8(4-10(9)28-6(2)24)22-12(26)14(18,19)20/h7-10H,3-4H2,1-2H3,(H,21,25)(H,22,26)/t7-,8+,9+,10-. The number of hydrogen-bond acceptors (Lipinski definition) is 6. The van der Waals surface area contributed by atoms with Gasteiger partial charge in [0.25, 0.3) is 0 Å². The molecule has 1 aliphatic carbocycles. The van der Waals surface area contributed by atoms with Crippen molar-refractivity contribution in [3.05, 3.63) is 0 Å². The summed E-state index contributed by atoms with van der Waals surface area (Å²) >= 11 is 0. The van der Waals surface area contributed by atoms with E-state index in [1.54, 1.807) is 0 Å². The molecule has 2 amide bonds. The van der Waals surface area contributed by atoms with Crippen molar-refractivity contribution in [2.45, 2.75) is 63.3 Å². The summed E-state index contributed by atoms with van der Waals surface area (Å²) in [4.78, 5) is 44.7. The molecule has 0 aromatic rings. The van der Waals surface area contributed by atoms with Gasteiger partial charge < -0.3 is 20.1 Å². The number of esters is 2. The Bertz CT molecular complexity index is 581. The van der Waals surface area contributed by atoms with Gasteiger partial charge in [-0.1, -0.05) is 0 Å². The molecule has 14 heteroatoms. The van der Waals surface area contributed by atoms with Crippen LogP contribution in [0, 0.1) is 0 Å². The molecule has 1 saturated carbocycles. The zero-order valence-electron chi connectivity index (χ0n) is 14.4. The van der Waals surface area contributed by atoms with Crippen LogP contribution in [0.4, 0.5) is 26.3 Å². The Morgan fingerprint density at radius 3 is 1.21 bits per heavy atom. The lowest BCUT2D eigenvalue weighted by Crippen LogP contribution is -2.62. The minimum Gasteiger partial charge on any atom is -0.459 e. The summed E-state index contributed by atoms with van der Waals surface area (Å²) in [5.41, 5.74) is 0. The fourth-order valence-electron chi connectivity index (χ4n) is 2.63. The highest BCUT2D eigenvalue weighted by molar-refractivity contribution is 5.83. The van der Waals surface area contributed by atoms with E-state index in [1.165, 1.54) is 10.6 Å². The summed E-state index contributed by atoms with van der Waals surface area (Å²) in [5.74, 6) is -6.73. The van der Waals surface area contributed by atoms with E-state index in [0.29, 0.717) is 0 Å². The summed E-state index contributed by atoms with van der Waals surface area (Å²) in [6.07, 6.45) is -14.7. The van der Waals surface area contributed by atoms with Gasteiger partial charge in [-0.05, 0) is 0 Å². The second-order valence-corrected chi connectivity index (χ2v) is 5.92. The average molecular weight is 422 g/mol. The lowest BCUT2D eigenvalue weighted by atomic mass is 9.85. The van der Waals surface area contributed by atoms with E-state index >= 15 is 0 Å². The van der Waals surface area contributed by atoms with E-state index in [9.17, 15) is 45.5 Å². The predicted molar refractivity (Wildman–Crippen MR) is 76.3 cm³/mol. The van der Waals surface area contributed by atoms with Crippen LogP contribution in [0.2, 0.25) is 0 Å². The first kappa shape index (κ1) is 23.5. The van der Waals surface area contributed by atoms with Crippen LogP contribution in [0.1, 0.15) is 26.7 Å². The third kappa shape index (κ3) is 6.88. The highest BCUT2D eigenvalue weighted by Gasteiger charge is 2.48. The van der Waals surface area contributed by atoms with Gasteiger partial charge in [-0.3, -0.25) is 19.2 Å². The van der Waals surface area contributed by atoms with Crippen molar-refractivity contribution in [1.82, 2.24) is 10.6 Å². The molecule has 0 aliphatic heterocycles. The summed E-state index contributed by atoms with van der Waals surface area (Å²) in [5, 5.41) is 2.93. The second-order valence-electron chi connectivity index (χ2n) is 5.92. The third-order valence-electron chi connectivity index (χ3n) is 3.66. The van der Waals surface area contributed by atoms with Gasteiger partial charge in [-0.25, -0.2) is 0 Å². The largest absolute Gasteiger partial charge is 0.471 e. The molecule has 4 atom stereocenters. The van der Waals surface area contributed by atoms with Crippen LogP contribution in [-0.4, -0.2) is 60.4 Å². The minimum atomic E-state index is -5.34. The number of ether oxygens (including phenoxy) is 2. The van der Waals surface area contributed by atoms with Crippen molar-refractivity contribution in [2.24, 2.45) is 0 Å². The van der Waals surface area contributed by atoms with Crippen LogP contribution in [-0.2, 0) is 28.7 Å². The van der Waals surface area contributed by atoms with Crippen LogP contribution in [0.3, 0.4) is 0 Å². The quantitative estimate of drug-likeness (QED) is 0.511. The normalized spacial score (nSPS) is 25.4. The molecule has 1 fully saturated rings. The van der Waals surface area contributed by atoms with E-state index in [4.69, 9.17) is 9.47 Å². The molecule has 0 aromatic heterocycles. The number of carbonyl (C=O) groups excluding carboxylic acids is 4. The Balaban J connectivity index is 3.13. The predicted octanol–water partition coefficient (Wildman–Crippen LogP) is 0.738.